The number of allylic oxidation sites excluding steroid dienone is 1. The van der Waals surface area contributed by atoms with Crippen LogP contribution in [0, 0.1) is 17.0 Å². The lowest BCUT2D eigenvalue weighted by atomic mass is 10.1. The van der Waals surface area contributed by atoms with Gasteiger partial charge in [0.2, 0.25) is 0 Å². The first-order valence-corrected chi connectivity index (χ1v) is 4.02. The molecular weight excluding hydrogens is 182 g/mol. The Balaban J connectivity index is 3.12. The number of nitrogens with zero attached hydrogens (tertiary/aromatic N) is 1. The fourth-order valence-electron chi connectivity index (χ4n) is 1.08. The molecule has 0 spiro atoms. The molecule has 1 aromatic carbocycles. The summed E-state index contributed by atoms with van der Waals surface area (Å²) in [4.78, 5) is 20.2. The molecule has 0 heterocycles. The minimum Gasteiger partial charge on any atom is -0.299 e. The van der Waals surface area contributed by atoms with Crippen molar-refractivity contribution in [2.75, 3.05) is 0 Å². The van der Waals surface area contributed by atoms with Crippen LogP contribution in [0.4, 0.5) is 5.69 Å². The van der Waals surface area contributed by atoms with E-state index in [1.165, 1.54) is 18.2 Å². The van der Waals surface area contributed by atoms with Gasteiger partial charge in [-0.15, -0.1) is 0 Å². The average molecular weight is 191 g/mol. The Hall–Kier alpha value is -1.97. The number of hydrogen-bond donors (Lipinski definition) is 0. The van der Waals surface area contributed by atoms with Gasteiger partial charge in [0.15, 0.2) is 0 Å². The molecule has 1 rings (SSSR count). The SMILES string of the molecule is Cc1ccc(C=CC=O)cc1[N+](=O)[O-]. The zero-order chi connectivity index (χ0) is 10.6. The van der Waals surface area contributed by atoms with Crippen molar-refractivity contribution < 1.29 is 9.72 Å². The van der Waals surface area contributed by atoms with Gasteiger partial charge < -0.3 is 0 Å². The normalized spacial score (nSPS) is 10.4. The summed E-state index contributed by atoms with van der Waals surface area (Å²) in [6.45, 7) is 1.67. The Morgan fingerprint density at radius 2 is 2.14 bits per heavy atom. The van der Waals surface area contributed by atoms with Crippen LogP contribution in [0.2, 0.25) is 0 Å². The lowest BCUT2D eigenvalue weighted by molar-refractivity contribution is -0.385. The Kier molecular flexibility index (Phi) is 3.12. The van der Waals surface area contributed by atoms with Gasteiger partial charge in [0.05, 0.1) is 4.92 Å². The minimum atomic E-state index is -0.437. The third kappa shape index (κ3) is 2.26. The van der Waals surface area contributed by atoms with Gasteiger partial charge in [0.1, 0.15) is 6.29 Å². The van der Waals surface area contributed by atoms with Gasteiger partial charge in [0, 0.05) is 11.6 Å². The summed E-state index contributed by atoms with van der Waals surface area (Å²) in [6, 6.07) is 4.82. The highest BCUT2D eigenvalue weighted by molar-refractivity contribution is 5.74. The molecule has 0 N–H and O–H groups in total. The Labute approximate surface area is 81.0 Å². The third-order valence-electron chi connectivity index (χ3n) is 1.80. The number of nitro groups is 1. The zero-order valence-corrected chi connectivity index (χ0v) is 7.64. The summed E-state index contributed by atoms with van der Waals surface area (Å²) in [6.07, 6.45) is 3.46. The van der Waals surface area contributed by atoms with E-state index < -0.39 is 4.92 Å². The molecule has 14 heavy (non-hydrogen) atoms. The van der Waals surface area contributed by atoms with Gasteiger partial charge in [-0.25, -0.2) is 0 Å². The highest BCUT2D eigenvalue weighted by Crippen LogP contribution is 2.19. The van der Waals surface area contributed by atoms with Gasteiger partial charge in [-0.1, -0.05) is 18.2 Å². The first-order valence-electron chi connectivity index (χ1n) is 4.02. The predicted molar refractivity (Wildman–Crippen MR) is 52.9 cm³/mol. The van der Waals surface area contributed by atoms with Crippen LogP contribution in [-0.2, 0) is 4.79 Å². The zero-order valence-electron chi connectivity index (χ0n) is 7.64. The fourth-order valence-corrected chi connectivity index (χ4v) is 1.08. The number of benzene rings is 1. The summed E-state index contributed by atoms with van der Waals surface area (Å²) < 4.78 is 0. The van der Waals surface area contributed by atoms with Crippen LogP contribution in [0.3, 0.4) is 0 Å². The largest absolute Gasteiger partial charge is 0.299 e. The van der Waals surface area contributed by atoms with Crippen molar-refractivity contribution in [3.63, 3.8) is 0 Å². The maximum absolute atomic E-state index is 10.6. The second-order valence-corrected chi connectivity index (χ2v) is 2.80. The highest BCUT2D eigenvalue weighted by atomic mass is 16.6. The molecule has 0 saturated carbocycles. The molecule has 0 saturated heterocycles. The van der Waals surface area contributed by atoms with Crippen LogP contribution >= 0.6 is 0 Å². The first-order chi connectivity index (χ1) is 6.65. The monoisotopic (exact) mass is 191 g/mol. The number of hydrogen-bond acceptors (Lipinski definition) is 3. The van der Waals surface area contributed by atoms with E-state index in [0.29, 0.717) is 17.4 Å². The van der Waals surface area contributed by atoms with Crippen molar-refractivity contribution >= 4 is 18.0 Å². The Bertz CT molecular complexity index is 396. The summed E-state index contributed by atoms with van der Waals surface area (Å²) >= 11 is 0. The third-order valence-corrected chi connectivity index (χ3v) is 1.80. The summed E-state index contributed by atoms with van der Waals surface area (Å²) in [7, 11) is 0. The molecule has 0 fully saturated rings. The smallest absolute Gasteiger partial charge is 0.272 e. The number of aldehydes is 1. The molecule has 0 atom stereocenters. The van der Waals surface area contributed by atoms with Gasteiger partial charge >= 0.3 is 0 Å². The number of carbonyl (C=O) groups is 1. The van der Waals surface area contributed by atoms with Crippen molar-refractivity contribution in [2.24, 2.45) is 0 Å². The lowest BCUT2D eigenvalue weighted by Crippen LogP contribution is -1.91. The Morgan fingerprint density at radius 3 is 2.71 bits per heavy atom. The molecule has 0 aliphatic heterocycles. The number of carbonyl (C=O) groups excluding carboxylic acids is 1. The van der Waals surface area contributed by atoms with Gasteiger partial charge in [-0.05, 0) is 18.6 Å². The molecule has 0 bridgehead atoms. The molecule has 4 heteroatoms. The molecule has 0 amide bonds. The quantitative estimate of drug-likeness (QED) is 0.318. The maximum Gasteiger partial charge on any atom is 0.272 e. The number of aryl methyl sites for hydroxylation is 1. The first kappa shape index (κ1) is 10.1. The lowest BCUT2D eigenvalue weighted by Gasteiger charge is -1.97. The standard InChI is InChI=1S/C10H9NO3/c1-8-4-5-9(3-2-6-12)7-10(8)11(13)14/h2-7H,1H3. The molecule has 0 aliphatic carbocycles. The van der Waals surface area contributed by atoms with E-state index >= 15 is 0 Å². The maximum atomic E-state index is 10.6. The molecule has 0 unspecified atom stereocenters. The van der Waals surface area contributed by atoms with Crippen LogP contribution in [0.25, 0.3) is 6.08 Å². The molecule has 0 aromatic heterocycles. The van der Waals surface area contributed by atoms with Crippen molar-refractivity contribution in [1.29, 1.82) is 0 Å². The number of nitro benzene ring substituents is 1. The van der Waals surface area contributed by atoms with Crippen LogP contribution in [0.15, 0.2) is 24.3 Å². The van der Waals surface area contributed by atoms with Crippen LogP contribution in [0.1, 0.15) is 11.1 Å². The molecule has 72 valence electrons. The summed E-state index contributed by atoms with van der Waals surface area (Å²) in [5, 5.41) is 10.6. The molecule has 4 nitrogen and oxygen atoms in total. The summed E-state index contributed by atoms with van der Waals surface area (Å²) in [5.41, 5.74) is 1.32. The van der Waals surface area contributed by atoms with Crippen molar-refractivity contribution in [3.05, 3.63) is 45.5 Å². The fraction of sp³-hybridized carbons (Fsp3) is 0.100. The van der Waals surface area contributed by atoms with Crippen molar-refractivity contribution in [1.82, 2.24) is 0 Å². The van der Waals surface area contributed by atoms with E-state index in [-0.39, 0.29) is 5.69 Å². The van der Waals surface area contributed by atoms with Crippen LogP contribution in [-0.4, -0.2) is 11.2 Å². The van der Waals surface area contributed by atoms with E-state index in [1.54, 1.807) is 19.1 Å². The van der Waals surface area contributed by atoms with Crippen LogP contribution in [0.5, 0.6) is 0 Å². The average Bonchev–Trinajstić information content (AvgIpc) is 2.16. The predicted octanol–water partition coefficient (Wildman–Crippen LogP) is 2.12. The molecule has 0 radical (unpaired) electrons. The van der Waals surface area contributed by atoms with E-state index in [9.17, 15) is 14.9 Å². The van der Waals surface area contributed by atoms with E-state index in [2.05, 4.69) is 0 Å². The minimum absolute atomic E-state index is 0.0676. The van der Waals surface area contributed by atoms with E-state index in [0.717, 1.165) is 0 Å². The van der Waals surface area contributed by atoms with Crippen LogP contribution < -0.4 is 0 Å². The second kappa shape index (κ2) is 4.32. The number of rotatable bonds is 3. The highest BCUT2D eigenvalue weighted by Gasteiger charge is 2.09. The molecular formula is C10H9NO3. The molecule has 0 aliphatic rings. The topological polar surface area (TPSA) is 60.2 Å². The van der Waals surface area contributed by atoms with Gasteiger partial charge in [-0.2, -0.15) is 0 Å². The second-order valence-electron chi connectivity index (χ2n) is 2.80. The van der Waals surface area contributed by atoms with E-state index in [4.69, 9.17) is 0 Å². The van der Waals surface area contributed by atoms with Gasteiger partial charge in [-0.3, -0.25) is 14.9 Å². The Morgan fingerprint density at radius 1 is 1.43 bits per heavy atom. The van der Waals surface area contributed by atoms with E-state index in [1.807, 2.05) is 0 Å². The van der Waals surface area contributed by atoms with Gasteiger partial charge in [0.25, 0.3) is 5.69 Å². The molecule has 1 aromatic rings. The van der Waals surface area contributed by atoms with Crippen molar-refractivity contribution in [3.8, 4) is 0 Å². The summed E-state index contributed by atoms with van der Waals surface area (Å²) in [5.74, 6) is 0. The van der Waals surface area contributed by atoms with Crippen molar-refractivity contribution in [2.45, 2.75) is 6.92 Å².